The van der Waals surface area contributed by atoms with Gasteiger partial charge in [0.25, 0.3) is 0 Å². The smallest absolute Gasteiger partial charge is 0.237 e. The predicted molar refractivity (Wildman–Crippen MR) is 79.6 cm³/mol. The largest absolute Gasteiger partial charge is 0.481 e. The van der Waals surface area contributed by atoms with Crippen molar-refractivity contribution in [3.05, 3.63) is 23.9 Å². The van der Waals surface area contributed by atoms with Gasteiger partial charge in [0.2, 0.25) is 11.8 Å². The molecule has 0 aliphatic carbocycles. The van der Waals surface area contributed by atoms with Gasteiger partial charge >= 0.3 is 0 Å². The molecule has 1 rings (SSSR count). The third kappa shape index (κ3) is 5.57. The fourth-order valence-corrected chi connectivity index (χ4v) is 1.87. The van der Waals surface area contributed by atoms with Crippen molar-refractivity contribution in [2.24, 2.45) is 0 Å². The number of aromatic nitrogens is 1. The Labute approximate surface area is 121 Å². The van der Waals surface area contributed by atoms with E-state index in [-0.39, 0.29) is 18.0 Å². The number of carbonyl (C=O) groups excluding carboxylic acids is 1. The van der Waals surface area contributed by atoms with Gasteiger partial charge in [0.1, 0.15) is 0 Å². The van der Waals surface area contributed by atoms with Gasteiger partial charge < -0.3 is 15.4 Å². The van der Waals surface area contributed by atoms with Crippen molar-refractivity contribution < 1.29 is 9.53 Å². The van der Waals surface area contributed by atoms with Gasteiger partial charge in [-0.05, 0) is 25.8 Å². The van der Waals surface area contributed by atoms with E-state index in [0.717, 1.165) is 18.4 Å². The zero-order chi connectivity index (χ0) is 15.0. The Balaban J connectivity index is 2.37. The molecule has 0 fully saturated rings. The van der Waals surface area contributed by atoms with Crippen molar-refractivity contribution >= 4 is 5.91 Å². The molecule has 5 heteroatoms. The number of nitrogens with zero attached hydrogens (tertiary/aromatic N) is 1. The van der Waals surface area contributed by atoms with Gasteiger partial charge in [-0.15, -0.1) is 0 Å². The highest BCUT2D eigenvalue weighted by Crippen LogP contribution is 2.06. The summed E-state index contributed by atoms with van der Waals surface area (Å²) < 4.78 is 5.00. The molecule has 0 bridgehead atoms. The highest BCUT2D eigenvalue weighted by atomic mass is 16.5. The molecule has 2 unspecified atom stereocenters. The van der Waals surface area contributed by atoms with Crippen molar-refractivity contribution in [1.29, 1.82) is 0 Å². The number of methoxy groups -OCH3 is 1. The highest BCUT2D eigenvalue weighted by Gasteiger charge is 2.14. The van der Waals surface area contributed by atoms with Crippen LogP contribution < -0.4 is 15.4 Å². The molecule has 2 N–H and O–H groups in total. The lowest BCUT2D eigenvalue weighted by atomic mass is 10.2. The van der Waals surface area contributed by atoms with Crippen molar-refractivity contribution in [1.82, 2.24) is 15.6 Å². The van der Waals surface area contributed by atoms with Crippen LogP contribution >= 0.6 is 0 Å². The Hall–Kier alpha value is -1.62. The molecular formula is C15H25N3O2. The summed E-state index contributed by atoms with van der Waals surface area (Å²) in [5, 5.41) is 6.19. The maximum Gasteiger partial charge on any atom is 0.237 e. The molecule has 0 aliphatic rings. The molecule has 2 atom stereocenters. The summed E-state index contributed by atoms with van der Waals surface area (Å²) in [5.41, 5.74) is 1.02. The molecule has 0 saturated carbocycles. The maximum absolute atomic E-state index is 11.9. The van der Waals surface area contributed by atoms with Crippen LogP contribution in [0.15, 0.2) is 18.3 Å². The van der Waals surface area contributed by atoms with Gasteiger partial charge in [0, 0.05) is 24.8 Å². The first-order valence-electron chi connectivity index (χ1n) is 7.09. The van der Waals surface area contributed by atoms with Gasteiger partial charge in [-0.3, -0.25) is 4.79 Å². The molecule has 0 aromatic carbocycles. The quantitative estimate of drug-likeness (QED) is 0.762. The molecule has 5 nitrogen and oxygen atoms in total. The predicted octanol–water partition coefficient (Wildman–Crippen LogP) is 1.87. The SMILES string of the molecule is CCCC(C)NC(=O)C(C)NCc1ccc(OC)nc1. The Morgan fingerprint density at radius 3 is 2.70 bits per heavy atom. The van der Waals surface area contributed by atoms with Crippen LogP contribution in [0.4, 0.5) is 0 Å². The van der Waals surface area contributed by atoms with Crippen molar-refractivity contribution in [3.8, 4) is 5.88 Å². The minimum atomic E-state index is -0.226. The van der Waals surface area contributed by atoms with Crippen LogP contribution in [0.2, 0.25) is 0 Å². The fourth-order valence-electron chi connectivity index (χ4n) is 1.87. The minimum absolute atomic E-state index is 0.0346. The van der Waals surface area contributed by atoms with Crippen LogP contribution in [0.5, 0.6) is 5.88 Å². The number of rotatable bonds is 8. The first kappa shape index (κ1) is 16.4. The first-order chi connectivity index (χ1) is 9.56. The molecule has 0 aliphatic heterocycles. The maximum atomic E-state index is 11.9. The molecule has 0 saturated heterocycles. The van der Waals surface area contributed by atoms with Crippen LogP contribution in [0.1, 0.15) is 39.2 Å². The van der Waals surface area contributed by atoms with Crippen molar-refractivity contribution in [2.45, 2.75) is 52.2 Å². The Morgan fingerprint density at radius 1 is 1.40 bits per heavy atom. The topological polar surface area (TPSA) is 63.2 Å². The molecule has 1 aromatic heterocycles. The summed E-state index contributed by atoms with van der Waals surface area (Å²) in [6.45, 7) is 6.61. The average Bonchev–Trinajstić information content (AvgIpc) is 2.45. The average molecular weight is 279 g/mol. The standard InChI is InChI=1S/C15H25N3O2/c1-5-6-11(2)18-15(19)12(3)16-9-13-7-8-14(20-4)17-10-13/h7-8,10-12,16H,5-6,9H2,1-4H3,(H,18,19). The normalized spacial score (nSPS) is 13.6. The van der Waals surface area contributed by atoms with E-state index in [1.807, 2.05) is 26.0 Å². The van der Waals surface area contributed by atoms with E-state index in [2.05, 4.69) is 22.5 Å². The zero-order valence-corrected chi connectivity index (χ0v) is 12.8. The van der Waals surface area contributed by atoms with Gasteiger partial charge in [-0.2, -0.15) is 0 Å². The Bertz CT molecular complexity index is 406. The van der Waals surface area contributed by atoms with Crippen LogP contribution in [0.25, 0.3) is 0 Å². The minimum Gasteiger partial charge on any atom is -0.481 e. The Kier molecular flexibility index (Phi) is 7.01. The van der Waals surface area contributed by atoms with Crippen molar-refractivity contribution in [3.63, 3.8) is 0 Å². The molecule has 1 amide bonds. The molecule has 0 spiro atoms. The second-order valence-electron chi connectivity index (χ2n) is 5.01. The highest BCUT2D eigenvalue weighted by molar-refractivity contribution is 5.81. The van der Waals surface area contributed by atoms with E-state index >= 15 is 0 Å². The summed E-state index contributed by atoms with van der Waals surface area (Å²) >= 11 is 0. The van der Waals surface area contributed by atoms with Crippen LogP contribution in [-0.2, 0) is 11.3 Å². The summed E-state index contributed by atoms with van der Waals surface area (Å²) in [7, 11) is 1.59. The van der Waals surface area contributed by atoms with Gasteiger partial charge in [0.05, 0.1) is 13.2 Å². The monoisotopic (exact) mass is 279 g/mol. The molecule has 1 heterocycles. The number of amides is 1. The first-order valence-corrected chi connectivity index (χ1v) is 7.09. The van der Waals surface area contributed by atoms with E-state index < -0.39 is 0 Å². The van der Waals surface area contributed by atoms with E-state index in [1.165, 1.54) is 0 Å². The third-order valence-corrected chi connectivity index (χ3v) is 3.12. The van der Waals surface area contributed by atoms with Gasteiger partial charge in [-0.1, -0.05) is 19.4 Å². The lowest BCUT2D eigenvalue weighted by Gasteiger charge is -2.18. The van der Waals surface area contributed by atoms with E-state index in [9.17, 15) is 4.79 Å². The molecule has 20 heavy (non-hydrogen) atoms. The molecule has 112 valence electrons. The van der Waals surface area contributed by atoms with E-state index in [4.69, 9.17) is 4.74 Å². The summed E-state index contributed by atoms with van der Waals surface area (Å²) in [5.74, 6) is 0.625. The number of hydrogen-bond acceptors (Lipinski definition) is 4. The number of pyridine rings is 1. The summed E-state index contributed by atoms with van der Waals surface area (Å²) in [6.07, 6.45) is 3.82. The number of ether oxygens (including phenoxy) is 1. The van der Waals surface area contributed by atoms with Gasteiger partial charge in [-0.25, -0.2) is 4.98 Å². The Morgan fingerprint density at radius 2 is 2.15 bits per heavy atom. The second-order valence-corrected chi connectivity index (χ2v) is 5.01. The number of nitrogens with one attached hydrogen (secondary N) is 2. The third-order valence-electron chi connectivity index (χ3n) is 3.12. The summed E-state index contributed by atoms with van der Waals surface area (Å²) in [6, 6.07) is 3.74. The molecule has 0 radical (unpaired) electrons. The fraction of sp³-hybridized carbons (Fsp3) is 0.600. The van der Waals surface area contributed by atoms with Crippen LogP contribution in [0.3, 0.4) is 0 Å². The van der Waals surface area contributed by atoms with Crippen LogP contribution in [-0.4, -0.2) is 30.1 Å². The van der Waals surface area contributed by atoms with E-state index in [1.54, 1.807) is 13.3 Å². The van der Waals surface area contributed by atoms with E-state index in [0.29, 0.717) is 12.4 Å². The second kappa shape index (κ2) is 8.53. The lowest BCUT2D eigenvalue weighted by Crippen LogP contribution is -2.45. The molecular weight excluding hydrogens is 254 g/mol. The lowest BCUT2D eigenvalue weighted by molar-refractivity contribution is -0.123. The molecule has 1 aromatic rings. The van der Waals surface area contributed by atoms with Crippen LogP contribution in [0, 0.1) is 0 Å². The number of carbonyl (C=O) groups is 1. The van der Waals surface area contributed by atoms with Crippen molar-refractivity contribution in [2.75, 3.05) is 7.11 Å². The number of hydrogen-bond donors (Lipinski definition) is 2. The van der Waals surface area contributed by atoms with Gasteiger partial charge in [0.15, 0.2) is 0 Å². The zero-order valence-electron chi connectivity index (χ0n) is 12.8. The summed E-state index contributed by atoms with van der Waals surface area (Å²) in [4.78, 5) is 16.1.